The van der Waals surface area contributed by atoms with Crippen LogP contribution in [0.1, 0.15) is 18.1 Å². The van der Waals surface area contributed by atoms with E-state index >= 15 is 0 Å². The topological polar surface area (TPSA) is 45.7 Å². The van der Waals surface area contributed by atoms with E-state index in [0.717, 1.165) is 19.1 Å². The van der Waals surface area contributed by atoms with Gasteiger partial charge in [-0.3, -0.25) is 4.99 Å². The van der Waals surface area contributed by atoms with Crippen LogP contribution in [0.5, 0.6) is 0 Å². The number of hydrogen-bond donors (Lipinski definition) is 2. The predicted octanol–water partition coefficient (Wildman–Crippen LogP) is 2.07. The van der Waals surface area contributed by atoms with Crippen LogP contribution in [0.4, 0.5) is 0 Å². The molecule has 1 aromatic carbocycles. The molecular formula is C15H23N3O. The first-order valence-electron chi connectivity index (χ1n) is 6.51. The van der Waals surface area contributed by atoms with Gasteiger partial charge in [-0.1, -0.05) is 30.3 Å². The fraction of sp³-hybridized carbons (Fsp3) is 0.400. The monoisotopic (exact) mass is 261 g/mol. The van der Waals surface area contributed by atoms with Gasteiger partial charge in [-0.15, -0.1) is 6.58 Å². The molecule has 0 amide bonds. The van der Waals surface area contributed by atoms with Crippen LogP contribution in [0.25, 0.3) is 0 Å². The Hall–Kier alpha value is -1.81. The Morgan fingerprint density at radius 2 is 1.95 bits per heavy atom. The van der Waals surface area contributed by atoms with Gasteiger partial charge in [-0.2, -0.15) is 0 Å². The van der Waals surface area contributed by atoms with E-state index in [1.807, 2.05) is 6.92 Å². The first kappa shape index (κ1) is 15.2. The number of benzene rings is 1. The molecule has 19 heavy (non-hydrogen) atoms. The lowest BCUT2D eigenvalue weighted by Gasteiger charge is -2.10. The maximum atomic E-state index is 5.37. The summed E-state index contributed by atoms with van der Waals surface area (Å²) in [5, 5.41) is 6.37. The SMILES string of the molecule is C=CCNC(=NC)NCc1ccc(COCC)cc1. The second kappa shape index (κ2) is 9.16. The predicted molar refractivity (Wildman–Crippen MR) is 80.2 cm³/mol. The van der Waals surface area contributed by atoms with Gasteiger partial charge >= 0.3 is 0 Å². The lowest BCUT2D eigenvalue weighted by atomic mass is 10.1. The van der Waals surface area contributed by atoms with Gasteiger partial charge in [0.05, 0.1) is 6.61 Å². The lowest BCUT2D eigenvalue weighted by Crippen LogP contribution is -2.36. The third-order valence-electron chi connectivity index (χ3n) is 2.59. The summed E-state index contributed by atoms with van der Waals surface area (Å²) < 4.78 is 5.37. The molecule has 0 aromatic heterocycles. The highest BCUT2D eigenvalue weighted by Gasteiger charge is 1.98. The van der Waals surface area contributed by atoms with Crippen LogP contribution in [0.3, 0.4) is 0 Å². The highest BCUT2D eigenvalue weighted by atomic mass is 16.5. The average Bonchev–Trinajstić information content (AvgIpc) is 2.46. The summed E-state index contributed by atoms with van der Waals surface area (Å²) in [4.78, 5) is 4.13. The van der Waals surface area contributed by atoms with Gasteiger partial charge in [0, 0.05) is 26.7 Å². The zero-order valence-electron chi connectivity index (χ0n) is 11.8. The number of hydrogen-bond acceptors (Lipinski definition) is 2. The van der Waals surface area contributed by atoms with Crippen LogP contribution in [0.15, 0.2) is 41.9 Å². The van der Waals surface area contributed by atoms with Crippen molar-refractivity contribution in [2.45, 2.75) is 20.1 Å². The van der Waals surface area contributed by atoms with Crippen molar-refractivity contribution in [3.05, 3.63) is 48.0 Å². The molecule has 1 rings (SSSR count). The van der Waals surface area contributed by atoms with Crippen molar-refractivity contribution in [3.8, 4) is 0 Å². The molecule has 0 spiro atoms. The number of ether oxygens (including phenoxy) is 1. The Balaban J connectivity index is 2.42. The van der Waals surface area contributed by atoms with Crippen molar-refractivity contribution in [3.63, 3.8) is 0 Å². The quantitative estimate of drug-likeness (QED) is 0.449. The van der Waals surface area contributed by atoms with E-state index in [4.69, 9.17) is 4.74 Å². The minimum Gasteiger partial charge on any atom is -0.377 e. The molecule has 0 radical (unpaired) electrons. The average molecular weight is 261 g/mol. The largest absolute Gasteiger partial charge is 0.377 e. The molecule has 0 heterocycles. The highest BCUT2D eigenvalue weighted by molar-refractivity contribution is 5.79. The molecule has 4 nitrogen and oxygen atoms in total. The van der Waals surface area contributed by atoms with Crippen LogP contribution in [0.2, 0.25) is 0 Å². The molecule has 2 N–H and O–H groups in total. The second-order valence-electron chi connectivity index (χ2n) is 4.05. The molecular weight excluding hydrogens is 238 g/mol. The first-order chi connectivity index (χ1) is 9.30. The number of guanidine groups is 1. The van der Waals surface area contributed by atoms with Crippen LogP contribution in [0, 0.1) is 0 Å². The van der Waals surface area contributed by atoms with E-state index in [-0.39, 0.29) is 0 Å². The van der Waals surface area contributed by atoms with Gasteiger partial charge in [0.2, 0.25) is 0 Å². The number of aliphatic imine (C=N–C) groups is 1. The number of rotatable bonds is 7. The minimum atomic E-state index is 0.673. The molecule has 0 saturated carbocycles. The van der Waals surface area contributed by atoms with Crippen LogP contribution in [-0.2, 0) is 17.9 Å². The van der Waals surface area contributed by atoms with Gasteiger partial charge in [0.1, 0.15) is 0 Å². The minimum absolute atomic E-state index is 0.673. The van der Waals surface area contributed by atoms with Gasteiger partial charge in [0.25, 0.3) is 0 Å². The fourth-order valence-corrected chi connectivity index (χ4v) is 1.55. The fourth-order valence-electron chi connectivity index (χ4n) is 1.55. The van der Waals surface area contributed by atoms with Crippen molar-refractivity contribution < 1.29 is 4.74 Å². The van der Waals surface area contributed by atoms with E-state index in [1.54, 1.807) is 13.1 Å². The zero-order valence-corrected chi connectivity index (χ0v) is 11.8. The second-order valence-corrected chi connectivity index (χ2v) is 4.05. The Kier molecular flexibility index (Phi) is 7.35. The number of nitrogens with one attached hydrogen (secondary N) is 2. The van der Waals surface area contributed by atoms with Gasteiger partial charge in [-0.05, 0) is 18.1 Å². The van der Waals surface area contributed by atoms with E-state index < -0.39 is 0 Å². The molecule has 0 saturated heterocycles. The summed E-state index contributed by atoms with van der Waals surface area (Å²) in [5.74, 6) is 0.776. The Labute approximate surface area is 115 Å². The molecule has 0 aliphatic heterocycles. The zero-order chi connectivity index (χ0) is 13.9. The van der Waals surface area contributed by atoms with Gasteiger partial charge < -0.3 is 15.4 Å². The summed E-state index contributed by atoms with van der Waals surface area (Å²) in [6, 6.07) is 8.38. The highest BCUT2D eigenvalue weighted by Crippen LogP contribution is 2.05. The molecule has 104 valence electrons. The van der Waals surface area contributed by atoms with Crippen molar-refractivity contribution in [1.29, 1.82) is 0 Å². The summed E-state index contributed by atoms with van der Waals surface area (Å²) in [6.07, 6.45) is 1.80. The molecule has 0 atom stereocenters. The Morgan fingerprint density at radius 3 is 2.53 bits per heavy atom. The molecule has 0 fully saturated rings. The molecule has 0 bridgehead atoms. The standard InChI is InChI=1S/C15H23N3O/c1-4-10-17-15(16-3)18-11-13-6-8-14(9-7-13)12-19-5-2/h4,6-9H,1,5,10-12H2,2-3H3,(H2,16,17,18). The summed E-state index contributed by atoms with van der Waals surface area (Å²) in [6.45, 7) is 8.52. The van der Waals surface area contributed by atoms with Crippen LogP contribution < -0.4 is 10.6 Å². The smallest absolute Gasteiger partial charge is 0.191 e. The summed E-state index contributed by atoms with van der Waals surface area (Å²) >= 11 is 0. The van der Waals surface area contributed by atoms with Crippen molar-refractivity contribution in [1.82, 2.24) is 10.6 Å². The third kappa shape index (κ3) is 6.06. The maximum Gasteiger partial charge on any atom is 0.191 e. The van der Waals surface area contributed by atoms with Gasteiger partial charge in [-0.25, -0.2) is 0 Å². The third-order valence-corrected chi connectivity index (χ3v) is 2.59. The van der Waals surface area contributed by atoms with Crippen molar-refractivity contribution in [2.24, 2.45) is 4.99 Å². The number of nitrogens with zero attached hydrogens (tertiary/aromatic N) is 1. The Morgan fingerprint density at radius 1 is 1.26 bits per heavy atom. The summed E-state index contributed by atoms with van der Waals surface area (Å²) in [7, 11) is 1.75. The van der Waals surface area contributed by atoms with Crippen molar-refractivity contribution >= 4 is 5.96 Å². The molecule has 0 unspecified atom stereocenters. The summed E-state index contributed by atoms with van der Waals surface area (Å²) in [5.41, 5.74) is 2.40. The van der Waals surface area contributed by atoms with Crippen molar-refractivity contribution in [2.75, 3.05) is 20.2 Å². The normalized spacial score (nSPS) is 11.2. The molecule has 4 heteroatoms. The Bertz CT molecular complexity index is 398. The van der Waals surface area contributed by atoms with Gasteiger partial charge in [0.15, 0.2) is 5.96 Å². The maximum absolute atomic E-state index is 5.37. The van der Waals surface area contributed by atoms with E-state index in [9.17, 15) is 0 Å². The molecule has 0 aliphatic carbocycles. The lowest BCUT2D eigenvalue weighted by molar-refractivity contribution is 0.134. The van der Waals surface area contributed by atoms with Crippen LogP contribution in [-0.4, -0.2) is 26.2 Å². The van der Waals surface area contributed by atoms with E-state index in [2.05, 4.69) is 46.5 Å². The van der Waals surface area contributed by atoms with E-state index in [1.165, 1.54) is 11.1 Å². The molecule has 0 aliphatic rings. The first-order valence-corrected chi connectivity index (χ1v) is 6.51. The van der Waals surface area contributed by atoms with Crippen LogP contribution >= 0.6 is 0 Å². The van der Waals surface area contributed by atoms with E-state index in [0.29, 0.717) is 13.2 Å². The molecule has 1 aromatic rings.